The van der Waals surface area contributed by atoms with Gasteiger partial charge in [-0.3, -0.25) is 0 Å². The molecule has 2 atom stereocenters. The van der Waals surface area contributed by atoms with E-state index < -0.39 is 0 Å². The molecule has 0 radical (unpaired) electrons. The number of hydrogen-bond donors (Lipinski definition) is 1. The fourth-order valence-corrected chi connectivity index (χ4v) is 2.13. The summed E-state index contributed by atoms with van der Waals surface area (Å²) < 4.78 is 0. The third kappa shape index (κ3) is 2.19. The van der Waals surface area contributed by atoms with Gasteiger partial charge in [-0.1, -0.05) is 26.2 Å². The van der Waals surface area contributed by atoms with Gasteiger partial charge in [0.1, 0.15) is 0 Å². The molecular formula is C10H20O. The SMILES string of the molecule is CCCC[C@@H]1CCC[C@@]1(C)O. The van der Waals surface area contributed by atoms with Gasteiger partial charge >= 0.3 is 0 Å². The van der Waals surface area contributed by atoms with E-state index in [0.717, 1.165) is 6.42 Å². The summed E-state index contributed by atoms with van der Waals surface area (Å²) in [6, 6.07) is 0. The highest BCUT2D eigenvalue weighted by Crippen LogP contribution is 2.38. The van der Waals surface area contributed by atoms with Crippen LogP contribution in [-0.2, 0) is 0 Å². The number of aliphatic hydroxyl groups is 1. The highest BCUT2D eigenvalue weighted by molar-refractivity contribution is 4.87. The molecule has 0 bridgehead atoms. The molecule has 1 saturated carbocycles. The maximum Gasteiger partial charge on any atom is 0.0647 e. The standard InChI is InChI=1S/C10H20O/c1-3-4-6-9-7-5-8-10(9,2)11/h9,11H,3-8H2,1-2H3/t9-,10-/m1/s1. The van der Waals surface area contributed by atoms with Crippen LogP contribution in [0.2, 0.25) is 0 Å². The van der Waals surface area contributed by atoms with Gasteiger partial charge in [0.15, 0.2) is 0 Å². The van der Waals surface area contributed by atoms with Crippen molar-refractivity contribution >= 4 is 0 Å². The average molecular weight is 156 g/mol. The van der Waals surface area contributed by atoms with Crippen LogP contribution in [0.1, 0.15) is 52.4 Å². The van der Waals surface area contributed by atoms with Crippen LogP contribution in [0.25, 0.3) is 0 Å². The molecule has 1 nitrogen and oxygen atoms in total. The first-order valence-electron chi connectivity index (χ1n) is 4.89. The molecule has 0 aliphatic heterocycles. The number of rotatable bonds is 3. The third-order valence-electron chi connectivity index (χ3n) is 3.02. The van der Waals surface area contributed by atoms with E-state index in [4.69, 9.17) is 0 Å². The molecule has 0 heterocycles. The lowest BCUT2D eigenvalue weighted by molar-refractivity contribution is 0.0172. The van der Waals surface area contributed by atoms with Crippen LogP contribution in [0.15, 0.2) is 0 Å². The van der Waals surface area contributed by atoms with Crippen molar-refractivity contribution in [2.75, 3.05) is 0 Å². The monoisotopic (exact) mass is 156 g/mol. The second kappa shape index (κ2) is 3.57. The van der Waals surface area contributed by atoms with Crippen molar-refractivity contribution in [1.82, 2.24) is 0 Å². The summed E-state index contributed by atoms with van der Waals surface area (Å²) in [4.78, 5) is 0. The molecular weight excluding hydrogens is 136 g/mol. The number of unbranched alkanes of at least 4 members (excludes halogenated alkanes) is 1. The van der Waals surface area contributed by atoms with Gasteiger partial charge in [0.05, 0.1) is 5.60 Å². The number of hydrogen-bond acceptors (Lipinski definition) is 1. The maximum atomic E-state index is 9.88. The summed E-state index contributed by atoms with van der Waals surface area (Å²) in [5, 5.41) is 9.88. The van der Waals surface area contributed by atoms with Crippen LogP contribution in [0.3, 0.4) is 0 Å². The Bertz CT molecular complexity index is 118. The molecule has 1 aliphatic rings. The Morgan fingerprint density at radius 2 is 2.27 bits per heavy atom. The van der Waals surface area contributed by atoms with Gasteiger partial charge in [-0.25, -0.2) is 0 Å². The van der Waals surface area contributed by atoms with E-state index in [-0.39, 0.29) is 5.60 Å². The van der Waals surface area contributed by atoms with Crippen LogP contribution in [0, 0.1) is 5.92 Å². The van der Waals surface area contributed by atoms with Crippen molar-refractivity contribution in [3.63, 3.8) is 0 Å². The molecule has 1 aliphatic carbocycles. The second-order valence-corrected chi connectivity index (χ2v) is 4.09. The highest BCUT2D eigenvalue weighted by atomic mass is 16.3. The van der Waals surface area contributed by atoms with E-state index in [0.29, 0.717) is 5.92 Å². The normalized spacial score (nSPS) is 37.9. The Kier molecular flexibility index (Phi) is 2.94. The topological polar surface area (TPSA) is 20.2 Å². The second-order valence-electron chi connectivity index (χ2n) is 4.09. The Balaban J connectivity index is 2.32. The third-order valence-corrected chi connectivity index (χ3v) is 3.02. The van der Waals surface area contributed by atoms with E-state index >= 15 is 0 Å². The van der Waals surface area contributed by atoms with Crippen LogP contribution in [0.4, 0.5) is 0 Å². The van der Waals surface area contributed by atoms with E-state index in [1.54, 1.807) is 0 Å². The van der Waals surface area contributed by atoms with E-state index in [2.05, 4.69) is 6.92 Å². The van der Waals surface area contributed by atoms with Crippen molar-refractivity contribution < 1.29 is 5.11 Å². The minimum Gasteiger partial charge on any atom is -0.390 e. The predicted molar refractivity (Wildman–Crippen MR) is 47.5 cm³/mol. The molecule has 0 amide bonds. The van der Waals surface area contributed by atoms with Gasteiger partial charge in [0.2, 0.25) is 0 Å². The van der Waals surface area contributed by atoms with Crippen LogP contribution < -0.4 is 0 Å². The smallest absolute Gasteiger partial charge is 0.0647 e. The molecule has 1 fully saturated rings. The molecule has 0 unspecified atom stereocenters. The zero-order valence-corrected chi connectivity index (χ0v) is 7.77. The fraction of sp³-hybridized carbons (Fsp3) is 1.00. The highest BCUT2D eigenvalue weighted by Gasteiger charge is 2.35. The lowest BCUT2D eigenvalue weighted by Crippen LogP contribution is -2.28. The van der Waals surface area contributed by atoms with E-state index in [9.17, 15) is 5.11 Å². The summed E-state index contributed by atoms with van der Waals surface area (Å²) in [5.41, 5.74) is -0.338. The van der Waals surface area contributed by atoms with Crippen molar-refractivity contribution in [3.05, 3.63) is 0 Å². The lowest BCUT2D eigenvalue weighted by atomic mass is 9.88. The summed E-state index contributed by atoms with van der Waals surface area (Å²) in [6.45, 7) is 4.21. The predicted octanol–water partition coefficient (Wildman–Crippen LogP) is 2.73. The van der Waals surface area contributed by atoms with E-state index in [1.807, 2.05) is 6.92 Å². The summed E-state index contributed by atoms with van der Waals surface area (Å²) in [5.74, 6) is 0.586. The van der Waals surface area contributed by atoms with Crippen molar-refractivity contribution in [1.29, 1.82) is 0 Å². The van der Waals surface area contributed by atoms with Gasteiger partial charge < -0.3 is 5.11 Å². The molecule has 1 heteroatoms. The Morgan fingerprint density at radius 3 is 2.73 bits per heavy atom. The van der Waals surface area contributed by atoms with Gasteiger partial charge in [-0.05, 0) is 32.1 Å². The molecule has 66 valence electrons. The van der Waals surface area contributed by atoms with Crippen molar-refractivity contribution in [2.45, 2.75) is 58.0 Å². The van der Waals surface area contributed by atoms with Gasteiger partial charge in [-0.2, -0.15) is 0 Å². The quantitative estimate of drug-likeness (QED) is 0.666. The summed E-state index contributed by atoms with van der Waals surface area (Å²) >= 11 is 0. The molecule has 0 aromatic rings. The van der Waals surface area contributed by atoms with Gasteiger partial charge in [0.25, 0.3) is 0 Å². The zero-order chi connectivity index (χ0) is 8.32. The molecule has 11 heavy (non-hydrogen) atoms. The first-order valence-corrected chi connectivity index (χ1v) is 4.89. The Labute approximate surface area is 69.8 Å². The molecule has 0 saturated heterocycles. The minimum atomic E-state index is -0.338. The summed E-state index contributed by atoms with van der Waals surface area (Å²) in [6.07, 6.45) is 7.24. The average Bonchev–Trinajstić information content (AvgIpc) is 2.25. The Morgan fingerprint density at radius 1 is 1.55 bits per heavy atom. The molecule has 0 aromatic carbocycles. The molecule has 1 rings (SSSR count). The molecule has 1 N–H and O–H groups in total. The first kappa shape index (κ1) is 9.05. The molecule has 0 spiro atoms. The first-order chi connectivity index (χ1) is 5.17. The fourth-order valence-electron chi connectivity index (χ4n) is 2.13. The lowest BCUT2D eigenvalue weighted by Gasteiger charge is -2.25. The zero-order valence-electron chi connectivity index (χ0n) is 7.77. The van der Waals surface area contributed by atoms with Crippen LogP contribution >= 0.6 is 0 Å². The van der Waals surface area contributed by atoms with Crippen molar-refractivity contribution in [3.8, 4) is 0 Å². The minimum absolute atomic E-state index is 0.338. The van der Waals surface area contributed by atoms with Gasteiger partial charge in [0, 0.05) is 0 Å². The summed E-state index contributed by atoms with van der Waals surface area (Å²) in [7, 11) is 0. The molecule has 0 aromatic heterocycles. The van der Waals surface area contributed by atoms with Crippen LogP contribution in [0.5, 0.6) is 0 Å². The van der Waals surface area contributed by atoms with Crippen molar-refractivity contribution in [2.24, 2.45) is 5.92 Å². The van der Waals surface area contributed by atoms with Crippen LogP contribution in [-0.4, -0.2) is 10.7 Å². The largest absolute Gasteiger partial charge is 0.390 e. The Hall–Kier alpha value is -0.0400. The maximum absolute atomic E-state index is 9.88. The van der Waals surface area contributed by atoms with E-state index in [1.165, 1.54) is 32.1 Å². The van der Waals surface area contributed by atoms with Gasteiger partial charge in [-0.15, -0.1) is 0 Å².